The number of aliphatic hydroxyl groups excluding tert-OH is 1. The molecular weight excluding hydrogens is 250 g/mol. The fourth-order valence-electron chi connectivity index (χ4n) is 1.70. The number of nitrogens with one attached hydrogen (secondary N) is 1. The lowest BCUT2D eigenvalue weighted by atomic mass is 9.99. The maximum absolute atomic E-state index is 12.1. The topological polar surface area (TPSA) is 99.1 Å². The molecule has 1 aliphatic heterocycles. The van der Waals surface area contributed by atoms with E-state index in [0.717, 1.165) is 4.90 Å². The number of urea groups is 1. The molecule has 4 amide bonds. The van der Waals surface area contributed by atoms with Crippen LogP contribution in [0.3, 0.4) is 0 Å². The van der Waals surface area contributed by atoms with Gasteiger partial charge in [0.15, 0.2) is 5.92 Å². The highest BCUT2D eigenvalue weighted by Crippen LogP contribution is 2.12. The Kier molecular flexibility index (Phi) is 5.37. The molecule has 0 radical (unpaired) electrons. The minimum Gasteiger partial charge on any atom is -0.396 e. The molecule has 0 spiro atoms. The number of hydrogen-bond donors (Lipinski definition) is 2. The van der Waals surface area contributed by atoms with Gasteiger partial charge in [-0.2, -0.15) is 0 Å². The van der Waals surface area contributed by atoms with Crippen LogP contribution in [-0.4, -0.2) is 53.3 Å². The quantitative estimate of drug-likeness (QED) is 0.299. The lowest BCUT2D eigenvalue weighted by Crippen LogP contribution is -2.59. The normalized spacial score (nSPS) is 20.5. The Bertz CT molecular complexity index is 431. The van der Waals surface area contributed by atoms with Crippen molar-refractivity contribution in [2.45, 2.75) is 13.3 Å². The number of carbonyl (C=O) groups is 3. The van der Waals surface area contributed by atoms with Crippen LogP contribution < -0.4 is 5.32 Å². The molecule has 1 fully saturated rings. The predicted octanol–water partition coefficient (Wildman–Crippen LogP) is -0.290. The molecule has 1 unspecified atom stereocenters. The summed E-state index contributed by atoms with van der Waals surface area (Å²) < 4.78 is 0. The number of aliphatic imine (C=N–C) groups is 1. The van der Waals surface area contributed by atoms with Crippen LogP contribution in [0.2, 0.25) is 0 Å². The highest BCUT2D eigenvalue weighted by Gasteiger charge is 2.41. The lowest BCUT2D eigenvalue weighted by molar-refractivity contribution is -0.139. The van der Waals surface area contributed by atoms with Crippen molar-refractivity contribution in [3.63, 3.8) is 0 Å². The summed E-state index contributed by atoms with van der Waals surface area (Å²) >= 11 is 0. The van der Waals surface area contributed by atoms with Crippen LogP contribution in [0, 0.1) is 5.92 Å². The first kappa shape index (κ1) is 15.0. The molecule has 1 heterocycles. The summed E-state index contributed by atoms with van der Waals surface area (Å²) in [5.41, 5.74) is 0.331. The summed E-state index contributed by atoms with van der Waals surface area (Å²) in [5.74, 6) is -2.35. The predicted molar refractivity (Wildman–Crippen MR) is 68.6 cm³/mol. The lowest BCUT2D eigenvalue weighted by Gasteiger charge is -2.29. The molecule has 1 saturated heterocycles. The van der Waals surface area contributed by atoms with Crippen molar-refractivity contribution in [1.29, 1.82) is 0 Å². The summed E-state index contributed by atoms with van der Waals surface area (Å²) in [4.78, 5) is 40.3. The van der Waals surface area contributed by atoms with Gasteiger partial charge in [0.05, 0.1) is 0 Å². The van der Waals surface area contributed by atoms with Crippen LogP contribution >= 0.6 is 0 Å². The van der Waals surface area contributed by atoms with Crippen LogP contribution in [-0.2, 0) is 9.59 Å². The van der Waals surface area contributed by atoms with Gasteiger partial charge in [-0.3, -0.25) is 24.8 Å². The molecule has 0 saturated carbocycles. The molecule has 0 bridgehead atoms. The van der Waals surface area contributed by atoms with Crippen molar-refractivity contribution in [1.82, 2.24) is 10.2 Å². The number of nitrogens with zero attached hydrogens (tertiary/aromatic N) is 2. The standard InChI is InChI=1S/C12H17N3O4/c1-3-6-15-11(18)9(10(17)14-12(15)19)8(2)13-5-4-7-16/h3,9,16H,1,4-7H2,2H3,(H,14,17,19). The highest BCUT2D eigenvalue weighted by atomic mass is 16.3. The van der Waals surface area contributed by atoms with Gasteiger partial charge in [-0.25, -0.2) is 4.79 Å². The number of hydrogen-bond acceptors (Lipinski definition) is 5. The maximum atomic E-state index is 12.1. The molecule has 0 aromatic carbocycles. The van der Waals surface area contributed by atoms with E-state index in [-0.39, 0.29) is 13.2 Å². The Balaban J connectivity index is 2.89. The minimum atomic E-state index is -1.09. The maximum Gasteiger partial charge on any atom is 0.331 e. The van der Waals surface area contributed by atoms with Gasteiger partial charge in [0.25, 0.3) is 0 Å². The smallest absolute Gasteiger partial charge is 0.331 e. The van der Waals surface area contributed by atoms with Gasteiger partial charge in [0, 0.05) is 25.4 Å². The third-order valence-electron chi connectivity index (χ3n) is 2.66. The van der Waals surface area contributed by atoms with Crippen LogP contribution in [0.5, 0.6) is 0 Å². The summed E-state index contributed by atoms with van der Waals surface area (Å²) in [6.45, 7) is 5.37. The molecular formula is C12H17N3O4. The Morgan fingerprint density at radius 1 is 1.53 bits per heavy atom. The molecule has 1 atom stereocenters. The summed E-state index contributed by atoms with van der Waals surface area (Å²) in [7, 11) is 0. The first-order valence-electron chi connectivity index (χ1n) is 5.91. The fraction of sp³-hybridized carbons (Fsp3) is 0.500. The van der Waals surface area contributed by atoms with Crippen molar-refractivity contribution in [3.05, 3.63) is 12.7 Å². The molecule has 0 aliphatic carbocycles. The van der Waals surface area contributed by atoms with Gasteiger partial charge in [0.2, 0.25) is 11.8 Å². The van der Waals surface area contributed by atoms with Crippen molar-refractivity contribution >= 4 is 23.6 Å². The van der Waals surface area contributed by atoms with E-state index in [9.17, 15) is 14.4 Å². The van der Waals surface area contributed by atoms with Gasteiger partial charge < -0.3 is 5.11 Å². The van der Waals surface area contributed by atoms with Gasteiger partial charge >= 0.3 is 6.03 Å². The van der Waals surface area contributed by atoms with Crippen LogP contribution in [0.1, 0.15) is 13.3 Å². The van der Waals surface area contributed by atoms with Crippen molar-refractivity contribution in [2.75, 3.05) is 19.7 Å². The average molecular weight is 267 g/mol. The van der Waals surface area contributed by atoms with Crippen molar-refractivity contribution < 1.29 is 19.5 Å². The monoisotopic (exact) mass is 267 g/mol. The number of imide groups is 2. The number of barbiturate groups is 1. The molecule has 1 aliphatic rings. The van der Waals surface area contributed by atoms with Crippen molar-refractivity contribution in [2.24, 2.45) is 10.9 Å². The fourth-order valence-corrected chi connectivity index (χ4v) is 1.70. The Morgan fingerprint density at radius 2 is 2.21 bits per heavy atom. The molecule has 104 valence electrons. The van der Waals surface area contributed by atoms with Gasteiger partial charge in [-0.15, -0.1) is 6.58 Å². The zero-order valence-corrected chi connectivity index (χ0v) is 10.8. The van der Waals surface area contributed by atoms with Crippen molar-refractivity contribution in [3.8, 4) is 0 Å². The molecule has 7 heteroatoms. The van der Waals surface area contributed by atoms with Gasteiger partial charge in [-0.1, -0.05) is 6.08 Å². The first-order valence-corrected chi connectivity index (χ1v) is 5.91. The first-order chi connectivity index (χ1) is 9.02. The Hall–Kier alpha value is -2.02. The second-order valence-corrected chi connectivity index (χ2v) is 4.07. The zero-order chi connectivity index (χ0) is 14.4. The molecule has 2 N–H and O–H groups in total. The average Bonchev–Trinajstić information content (AvgIpc) is 2.34. The van der Waals surface area contributed by atoms with E-state index in [1.165, 1.54) is 6.08 Å². The van der Waals surface area contributed by atoms with Crippen LogP contribution in [0.15, 0.2) is 17.6 Å². The number of aliphatic hydroxyl groups is 1. The molecule has 7 nitrogen and oxygen atoms in total. The third kappa shape index (κ3) is 3.47. The Morgan fingerprint density at radius 3 is 2.79 bits per heavy atom. The van der Waals surface area contributed by atoms with E-state index >= 15 is 0 Å². The molecule has 0 aromatic heterocycles. The van der Waals surface area contributed by atoms with E-state index in [1.54, 1.807) is 6.92 Å². The largest absolute Gasteiger partial charge is 0.396 e. The second-order valence-electron chi connectivity index (χ2n) is 4.07. The highest BCUT2D eigenvalue weighted by molar-refractivity contribution is 6.27. The zero-order valence-electron chi connectivity index (χ0n) is 10.8. The second kappa shape index (κ2) is 6.79. The minimum absolute atomic E-state index is 0.0112. The Labute approximate surface area is 111 Å². The summed E-state index contributed by atoms with van der Waals surface area (Å²) in [6, 6.07) is -0.741. The van der Waals surface area contributed by atoms with Gasteiger partial charge in [0.1, 0.15) is 0 Å². The number of rotatable bonds is 6. The van der Waals surface area contributed by atoms with Gasteiger partial charge in [-0.05, 0) is 13.3 Å². The van der Waals surface area contributed by atoms with E-state index < -0.39 is 23.8 Å². The number of amides is 4. The molecule has 19 heavy (non-hydrogen) atoms. The number of carbonyl (C=O) groups excluding carboxylic acids is 3. The van der Waals surface area contributed by atoms with E-state index in [4.69, 9.17) is 5.11 Å². The molecule has 0 aromatic rings. The molecule has 1 rings (SSSR count). The van der Waals surface area contributed by atoms with E-state index in [2.05, 4.69) is 16.9 Å². The SMILES string of the molecule is C=CCN1C(=O)NC(=O)C(C(C)=NCCCO)C1=O. The van der Waals surface area contributed by atoms with Crippen LogP contribution in [0.4, 0.5) is 4.79 Å². The third-order valence-corrected chi connectivity index (χ3v) is 2.66. The summed E-state index contributed by atoms with van der Waals surface area (Å²) in [6.07, 6.45) is 1.86. The summed E-state index contributed by atoms with van der Waals surface area (Å²) in [5, 5.41) is 10.8. The van der Waals surface area contributed by atoms with E-state index in [0.29, 0.717) is 18.7 Å². The van der Waals surface area contributed by atoms with E-state index in [1.807, 2.05) is 0 Å². The van der Waals surface area contributed by atoms with Crippen LogP contribution in [0.25, 0.3) is 0 Å².